The van der Waals surface area contributed by atoms with Gasteiger partial charge in [-0.2, -0.15) is 0 Å². The first-order valence-corrected chi connectivity index (χ1v) is 13.2. The third kappa shape index (κ3) is 8.83. The molecule has 8 N–H and O–H groups in total. The Labute approximate surface area is 224 Å². The van der Waals surface area contributed by atoms with E-state index in [1.54, 1.807) is 0 Å². The summed E-state index contributed by atoms with van der Waals surface area (Å²) in [6, 6.07) is 13.7. The second-order valence-electron chi connectivity index (χ2n) is 9.47. The number of rotatable bonds is 14. The summed E-state index contributed by atoms with van der Waals surface area (Å²) in [5.74, 6) is -0.280. The highest BCUT2D eigenvalue weighted by Gasteiger charge is 2.26. The normalized spacial score (nSPS) is 14.0. The molecule has 0 unspecified atom stereocenters. The minimum atomic E-state index is -1.10. The van der Waals surface area contributed by atoms with E-state index in [9.17, 15) is 14.4 Å². The second-order valence-corrected chi connectivity index (χ2v) is 9.47. The van der Waals surface area contributed by atoms with Crippen molar-refractivity contribution < 1.29 is 19.1 Å². The van der Waals surface area contributed by atoms with Gasteiger partial charge in [0.15, 0.2) is 0 Å². The fourth-order valence-corrected chi connectivity index (χ4v) is 4.42. The number of ether oxygens (including phenoxy) is 1. The molecule has 0 radical (unpaired) electrons. The molecule has 206 valence electrons. The molecule has 10 heteroatoms. The number of hydrogen-bond donors (Lipinski definition) is 5. The molecular formula is C28H40N6O4. The van der Waals surface area contributed by atoms with Crippen molar-refractivity contribution >= 4 is 17.7 Å². The average Bonchev–Trinajstić information content (AvgIpc) is 2.94. The van der Waals surface area contributed by atoms with E-state index in [1.165, 1.54) is 4.90 Å². The number of nitrogens with zero attached hydrogens (tertiary/aromatic N) is 1. The lowest BCUT2D eigenvalue weighted by Crippen LogP contribution is -2.53. The lowest BCUT2D eigenvalue weighted by Gasteiger charge is -2.24. The third-order valence-electron chi connectivity index (χ3n) is 6.52. The fourth-order valence-electron chi connectivity index (χ4n) is 4.42. The number of benzene rings is 2. The summed E-state index contributed by atoms with van der Waals surface area (Å²) >= 11 is 0. The smallest absolute Gasteiger partial charge is 0.242 e. The zero-order valence-electron chi connectivity index (χ0n) is 21.9. The number of nitrogens with one attached hydrogen (secondary N) is 2. The van der Waals surface area contributed by atoms with E-state index in [2.05, 4.69) is 10.6 Å². The van der Waals surface area contributed by atoms with Crippen molar-refractivity contribution in [2.75, 3.05) is 32.8 Å². The van der Waals surface area contributed by atoms with Gasteiger partial charge in [0.1, 0.15) is 11.8 Å². The first-order chi connectivity index (χ1) is 18.4. The van der Waals surface area contributed by atoms with Gasteiger partial charge in [-0.25, -0.2) is 0 Å². The molecule has 0 aromatic heterocycles. The summed E-state index contributed by atoms with van der Waals surface area (Å²) in [5, 5.41) is 5.71. The van der Waals surface area contributed by atoms with Crippen molar-refractivity contribution in [1.82, 2.24) is 15.5 Å². The summed E-state index contributed by atoms with van der Waals surface area (Å²) in [4.78, 5) is 40.2. The van der Waals surface area contributed by atoms with Crippen LogP contribution < -0.4 is 32.6 Å². The van der Waals surface area contributed by atoms with E-state index in [0.717, 1.165) is 41.9 Å². The van der Waals surface area contributed by atoms with Gasteiger partial charge in [0.2, 0.25) is 17.7 Å². The van der Waals surface area contributed by atoms with Gasteiger partial charge in [-0.15, -0.1) is 0 Å². The molecule has 10 nitrogen and oxygen atoms in total. The van der Waals surface area contributed by atoms with Crippen LogP contribution in [0.15, 0.2) is 48.5 Å². The average molecular weight is 525 g/mol. The Morgan fingerprint density at radius 3 is 2.42 bits per heavy atom. The van der Waals surface area contributed by atoms with Gasteiger partial charge in [-0.3, -0.25) is 14.4 Å². The number of nitrogens with two attached hydrogens (primary N) is 3. The van der Waals surface area contributed by atoms with Crippen LogP contribution in [-0.4, -0.2) is 67.5 Å². The number of hydrogen-bond acceptors (Lipinski definition) is 7. The maximum Gasteiger partial charge on any atom is 0.242 e. The van der Waals surface area contributed by atoms with Gasteiger partial charge in [0, 0.05) is 32.7 Å². The highest BCUT2D eigenvalue weighted by molar-refractivity contribution is 5.92. The summed E-state index contributed by atoms with van der Waals surface area (Å²) in [5.41, 5.74) is 20.4. The molecule has 1 heterocycles. The van der Waals surface area contributed by atoms with Gasteiger partial charge in [-0.05, 0) is 48.4 Å². The molecule has 0 saturated heterocycles. The molecule has 0 aliphatic carbocycles. The third-order valence-corrected chi connectivity index (χ3v) is 6.52. The fraction of sp³-hybridized carbons (Fsp3) is 0.464. The first kappa shape index (κ1) is 29.1. The van der Waals surface area contributed by atoms with Crippen LogP contribution in [0.5, 0.6) is 5.75 Å². The number of carbonyl (C=O) groups excluding carboxylic acids is 3. The molecule has 3 rings (SSSR count). The van der Waals surface area contributed by atoms with Crippen molar-refractivity contribution in [2.24, 2.45) is 17.2 Å². The summed E-state index contributed by atoms with van der Waals surface area (Å²) in [7, 11) is 0. The Bertz CT molecular complexity index is 1060. The maximum absolute atomic E-state index is 13.2. The molecule has 0 saturated carbocycles. The molecule has 0 fully saturated rings. The Kier molecular flexibility index (Phi) is 11.5. The standard InChI is InChI=1S/C28H40N6O4/c29-12-14-34(15-13-30)26(35)18-23(31)27(36)33-24(10-8-20-5-2-1-3-6-20)28(37)32-19-21-9-11-25-22(17-21)7-4-16-38-25/h1-3,5-6,9,11,17,23-24H,4,7-8,10,12-16,18-19,29-31H2,(H,32,37)(H,33,36)/t23-,24-/m0/s1. The first-order valence-electron chi connectivity index (χ1n) is 13.2. The van der Waals surface area contributed by atoms with Crippen molar-refractivity contribution in [3.8, 4) is 5.75 Å². The van der Waals surface area contributed by atoms with Crippen LogP contribution in [0.2, 0.25) is 0 Å². The van der Waals surface area contributed by atoms with Gasteiger partial charge in [-0.1, -0.05) is 42.5 Å². The monoisotopic (exact) mass is 524 g/mol. The van der Waals surface area contributed by atoms with Crippen LogP contribution in [-0.2, 0) is 33.8 Å². The predicted octanol–water partition coefficient (Wildman–Crippen LogP) is 0.209. The van der Waals surface area contributed by atoms with Crippen molar-refractivity contribution in [3.05, 3.63) is 65.2 Å². The maximum atomic E-state index is 13.2. The Balaban J connectivity index is 1.62. The lowest BCUT2D eigenvalue weighted by atomic mass is 10.0. The van der Waals surface area contributed by atoms with E-state index >= 15 is 0 Å². The summed E-state index contributed by atoms with van der Waals surface area (Å²) < 4.78 is 5.67. The van der Waals surface area contributed by atoms with Gasteiger partial charge < -0.3 is 37.5 Å². The predicted molar refractivity (Wildman–Crippen MR) is 146 cm³/mol. The molecule has 2 atom stereocenters. The number of fused-ring (bicyclic) bond motifs is 1. The Morgan fingerprint density at radius 1 is 0.974 bits per heavy atom. The second kappa shape index (κ2) is 15.1. The van der Waals surface area contributed by atoms with Crippen LogP contribution in [0.25, 0.3) is 0 Å². The van der Waals surface area contributed by atoms with E-state index in [4.69, 9.17) is 21.9 Å². The lowest BCUT2D eigenvalue weighted by molar-refractivity contribution is -0.135. The SMILES string of the molecule is NCCN(CCN)C(=O)C[C@H](N)C(=O)N[C@@H](CCc1ccccc1)C(=O)NCc1ccc2c(c1)CCCO2. The van der Waals surface area contributed by atoms with E-state index in [-0.39, 0.29) is 31.3 Å². The van der Waals surface area contributed by atoms with E-state index in [0.29, 0.717) is 32.5 Å². The molecule has 3 amide bonds. The largest absolute Gasteiger partial charge is 0.493 e. The van der Waals surface area contributed by atoms with Gasteiger partial charge in [0.05, 0.1) is 19.1 Å². The number of aryl methyl sites for hydroxylation is 2. The minimum absolute atomic E-state index is 0.198. The van der Waals surface area contributed by atoms with E-state index < -0.39 is 18.0 Å². The minimum Gasteiger partial charge on any atom is -0.493 e. The zero-order chi connectivity index (χ0) is 27.3. The zero-order valence-corrected chi connectivity index (χ0v) is 21.9. The Morgan fingerprint density at radius 2 is 1.71 bits per heavy atom. The van der Waals surface area contributed by atoms with Crippen LogP contribution in [0.3, 0.4) is 0 Å². The van der Waals surface area contributed by atoms with Crippen molar-refractivity contribution in [2.45, 2.75) is 50.7 Å². The topological polar surface area (TPSA) is 166 Å². The Hall–Kier alpha value is -3.47. The molecule has 1 aliphatic heterocycles. The molecular weight excluding hydrogens is 484 g/mol. The van der Waals surface area contributed by atoms with Crippen molar-refractivity contribution in [3.63, 3.8) is 0 Å². The van der Waals surface area contributed by atoms with Gasteiger partial charge in [0.25, 0.3) is 0 Å². The molecule has 1 aliphatic rings. The number of amides is 3. The van der Waals surface area contributed by atoms with Crippen LogP contribution in [0, 0.1) is 0 Å². The van der Waals surface area contributed by atoms with Crippen LogP contribution in [0.4, 0.5) is 0 Å². The van der Waals surface area contributed by atoms with Crippen LogP contribution >= 0.6 is 0 Å². The highest BCUT2D eigenvalue weighted by Crippen LogP contribution is 2.25. The van der Waals surface area contributed by atoms with Crippen molar-refractivity contribution in [1.29, 1.82) is 0 Å². The number of carbonyl (C=O) groups is 3. The van der Waals surface area contributed by atoms with Crippen LogP contribution in [0.1, 0.15) is 36.0 Å². The van der Waals surface area contributed by atoms with Gasteiger partial charge >= 0.3 is 0 Å². The highest BCUT2D eigenvalue weighted by atomic mass is 16.5. The molecule has 0 spiro atoms. The van der Waals surface area contributed by atoms with E-state index in [1.807, 2.05) is 48.5 Å². The molecule has 2 aromatic rings. The summed E-state index contributed by atoms with van der Waals surface area (Å²) in [6.07, 6.45) is 2.68. The molecule has 2 aromatic carbocycles. The molecule has 0 bridgehead atoms. The quantitative estimate of drug-likeness (QED) is 0.236. The summed E-state index contributed by atoms with van der Waals surface area (Å²) in [6.45, 7) is 2.28. The molecule has 38 heavy (non-hydrogen) atoms.